The smallest absolute Gasteiger partial charge is 0.132 e. The average Bonchev–Trinajstić information content (AvgIpc) is 2.67. The molecule has 1 atom stereocenters. The van der Waals surface area contributed by atoms with E-state index in [0.29, 0.717) is 11.9 Å². The first-order valence-electron chi connectivity index (χ1n) is 4.50. The summed E-state index contributed by atoms with van der Waals surface area (Å²) < 4.78 is 0. The summed E-state index contributed by atoms with van der Waals surface area (Å²) in [7, 11) is 0. The molecule has 1 fully saturated rings. The molecule has 0 spiro atoms. The number of halogens is 2. The van der Waals surface area contributed by atoms with Crippen molar-refractivity contribution in [3.63, 3.8) is 0 Å². The number of aromatic nitrogens is 2. The minimum Gasteiger partial charge on any atom is -0.352 e. The Balaban J connectivity index is 0.000000980. The molecule has 14 heavy (non-hydrogen) atoms. The van der Waals surface area contributed by atoms with E-state index in [4.69, 9.17) is 11.6 Å². The molecule has 0 amide bonds. The number of nitrogens with zero attached hydrogens (tertiary/aromatic N) is 3. The summed E-state index contributed by atoms with van der Waals surface area (Å²) in [6.07, 6.45) is 5.74. The lowest BCUT2D eigenvalue weighted by Gasteiger charge is -2.23. The maximum Gasteiger partial charge on any atom is 0.132 e. The summed E-state index contributed by atoms with van der Waals surface area (Å²) in [5.74, 6) is 1.68. The Bertz CT molecular complexity index is 268. The van der Waals surface area contributed by atoms with Crippen LogP contribution in [0.25, 0.3) is 0 Å². The van der Waals surface area contributed by atoms with Gasteiger partial charge in [-0.15, -0.1) is 24.0 Å². The van der Waals surface area contributed by atoms with Gasteiger partial charge in [-0.1, -0.05) is 0 Å². The van der Waals surface area contributed by atoms with Gasteiger partial charge in [-0.3, -0.25) is 0 Å². The third kappa shape index (κ3) is 2.28. The molecule has 2 rings (SSSR count). The third-order valence-corrected chi connectivity index (χ3v) is 2.77. The standard InChI is InChI=1S/C9H12ClN3.ClH/c10-6-8-2-1-5-13(8)9-3-4-11-7-12-9;/h3-4,7-8H,1-2,5-6H2;1H. The number of anilines is 1. The van der Waals surface area contributed by atoms with Crippen molar-refractivity contribution in [2.24, 2.45) is 0 Å². The highest BCUT2D eigenvalue weighted by Gasteiger charge is 2.24. The van der Waals surface area contributed by atoms with Crippen LogP contribution >= 0.6 is 24.0 Å². The van der Waals surface area contributed by atoms with E-state index in [1.54, 1.807) is 12.5 Å². The lowest BCUT2D eigenvalue weighted by atomic mass is 10.2. The molecule has 1 aliphatic rings. The predicted molar refractivity (Wildman–Crippen MR) is 60.4 cm³/mol. The fraction of sp³-hybridized carbons (Fsp3) is 0.556. The summed E-state index contributed by atoms with van der Waals surface area (Å²) in [6.45, 7) is 1.06. The fourth-order valence-corrected chi connectivity index (χ4v) is 2.07. The first-order chi connectivity index (χ1) is 6.42. The second kappa shape index (κ2) is 5.37. The third-order valence-electron chi connectivity index (χ3n) is 2.42. The molecule has 78 valence electrons. The number of rotatable bonds is 2. The minimum absolute atomic E-state index is 0. The van der Waals surface area contributed by atoms with E-state index in [-0.39, 0.29) is 12.4 Å². The highest BCUT2D eigenvalue weighted by molar-refractivity contribution is 6.18. The van der Waals surface area contributed by atoms with E-state index >= 15 is 0 Å². The Hall–Kier alpha value is -0.540. The first-order valence-corrected chi connectivity index (χ1v) is 5.04. The van der Waals surface area contributed by atoms with Crippen molar-refractivity contribution in [3.05, 3.63) is 18.6 Å². The van der Waals surface area contributed by atoms with Gasteiger partial charge in [-0.2, -0.15) is 0 Å². The van der Waals surface area contributed by atoms with Gasteiger partial charge in [0.15, 0.2) is 0 Å². The second-order valence-electron chi connectivity index (χ2n) is 3.21. The van der Waals surface area contributed by atoms with Crippen LogP contribution in [0.5, 0.6) is 0 Å². The van der Waals surface area contributed by atoms with E-state index < -0.39 is 0 Å². The van der Waals surface area contributed by atoms with Crippen molar-refractivity contribution >= 4 is 29.8 Å². The molecule has 1 unspecified atom stereocenters. The normalized spacial score (nSPS) is 20.6. The van der Waals surface area contributed by atoms with Crippen molar-refractivity contribution in [1.82, 2.24) is 9.97 Å². The largest absolute Gasteiger partial charge is 0.352 e. The zero-order valence-electron chi connectivity index (χ0n) is 7.77. The van der Waals surface area contributed by atoms with Crippen molar-refractivity contribution in [1.29, 1.82) is 0 Å². The van der Waals surface area contributed by atoms with Crippen LogP contribution in [0.2, 0.25) is 0 Å². The molecule has 2 heterocycles. The van der Waals surface area contributed by atoms with Crippen LogP contribution in [0.1, 0.15) is 12.8 Å². The molecule has 0 aromatic carbocycles. The van der Waals surface area contributed by atoms with Gasteiger partial charge < -0.3 is 4.90 Å². The van der Waals surface area contributed by atoms with Gasteiger partial charge in [0.25, 0.3) is 0 Å². The average molecular weight is 234 g/mol. The molecule has 1 aliphatic heterocycles. The van der Waals surface area contributed by atoms with Crippen molar-refractivity contribution in [2.75, 3.05) is 17.3 Å². The summed E-state index contributed by atoms with van der Waals surface area (Å²) in [5.41, 5.74) is 0. The molecular formula is C9H13Cl2N3. The van der Waals surface area contributed by atoms with Crippen LogP contribution in [-0.4, -0.2) is 28.4 Å². The van der Waals surface area contributed by atoms with E-state index in [1.807, 2.05) is 6.07 Å². The molecular weight excluding hydrogens is 221 g/mol. The summed E-state index contributed by atoms with van der Waals surface area (Å²) in [4.78, 5) is 10.4. The molecule has 0 N–H and O–H groups in total. The topological polar surface area (TPSA) is 29.0 Å². The number of hydrogen-bond donors (Lipinski definition) is 0. The summed E-state index contributed by atoms with van der Waals surface area (Å²) in [5, 5.41) is 0. The summed E-state index contributed by atoms with van der Waals surface area (Å²) in [6, 6.07) is 2.39. The van der Waals surface area contributed by atoms with Gasteiger partial charge >= 0.3 is 0 Å². The van der Waals surface area contributed by atoms with Gasteiger partial charge in [0.05, 0.1) is 0 Å². The van der Waals surface area contributed by atoms with Crippen LogP contribution in [0.3, 0.4) is 0 Å². The molecule has 0 radical (unpaired) electrons. The van der Waals surface area contributed by atoms with Crippen LogP contribution in [0.15, 0.2) is 18.6 Å². The Kier molecular flexibility index (Phi) is 4.42. The number of alkyl halides is 1. The van der Waals surface area contributed by atoms with Gasteiger partial charge in [0.2, 0.25) is 0 Å². The number of hydrogen-bond acceptors (Lipinski definition) is 3. The van der Waals surface area contributed by atoms with Gasteiger partial charge in [0, 0.05) is 24.7 Å². The lowest BCUT2D eigenvalue weighted by Crippen LogP contribution is -2.31. The van der Waals surface area contributed by atoms with E-state index in [1.165, 1.54) is 12.8 Å². The molecule has 1 aromatic rings. The molecule has 5 heteroatoms. The molecule has 0 bridgehead atoms. The predicted octanol–water partition coefficient (Wildman–Crippen LogP) is 2.11. The van der Waals surface area contributed by atoms with E-state index in [0.717, 1.165) is 12.4 Å². The SMILES string of the molecule is Cl.ClCC1CCCN1c1ccncn1. The maximum absolute atomic E-state index is 5.87. The molecule has 1 aromatic heterocycles. The fourth-order valence-electron chi connectivity index (χ4n) is 1.75. The molecule has 0 aliphatic carbocycles. The zero-order chi connectivity index (χ0) is 9.10. The molecule has 1 saturated heterocycles. The minimum atomic E-state index is 0. The van der Waals surface area contributed by atoms with Gasteiger partial charge in [-0.25, -0.2) is 9.97 Å². The highest BCUT2D eigenvalue weighted by Crippen LogP contribution is 2.23. The van der Waals surface area contributed by atoms with Crippen LogP contribution in [-0.2, 0) is 0 Å². The van der Waals surface area contributed by atoms with Gasteiger partial charge in [0.1, 0.15) is 12.1 Å². The Morgan fingerprint density at radius 3 is 3.07 bits per heavy atom. The van der Waals surface area contributed by atoms with Crippen molar-refractivity contribution < 1.29 is 0 Å². The van der Waals surface area contributed by atoms with Crippen molar-refractivity contribution in [3.8, 4) is 0 Å². The molecule has 3 nitrogen and oxygen atoms in total. The monoisotopic (exact) mass is 233 g/mol. The van der Waals surface area contributed by atoms with Crippen LogP contribution < -0.4 is 4.90 Å². The van der Waals surface area contributed by atoms with E-state index in [2.05, 4.69) is 14.9 Å². The van der Waals surface area contributed by atoms with E-state index in [9.17, 15) is 0 Å². The lowest BCUT2D eigenvalue weighted by molar-refractivity contribution is 0.732. The van der Waals surface area contributed by atoms with Crippen LogP contribution in [0, 0.1) is 0 Å². The van der Waals surface area contributed by atoms with Crippen molar-refractivity contribution in [2.45, 2.75) is 18.9 Å². The summed E-state index contributed by atoms with van der Waals surface area (Å²) >= 11 is 5.87. The Labute approximate surface area is 94.9 Å². The Morgan fingerprint density at radius 2 is 2.43 bits per heavy atom. The Morgan fingerprint density at radius 1 is 1.57 bits per heavy atom. The zero-order valence-corrected chi connectivity index (χ0v) is 9.34. The van der Waals surface area contributed by atoms with Gasteiger partial charge in [-0.05, 0) is 18.9 Å². The van der Waals surface area contributed by atoms with Crippen LogP contribution in [0.4, 0.5) is 5.82 Å². The first kappa shape index (κ1) is 11.5. The highest BCUT2D eigenvalue weighted by atomic mass is 35.5. The molecule has 0 saturated carbocycles. The quantitative estimate of drug-likeness (QED) is 0.734. The maximum atomic E-state index is 5.87. The second-order valence-corrected chi connectivity index (χ2v) is 3.52.